The van der Waals surface area contributed by atoms with Crippen LogP contribution < -0.4 is 10.6 Å². The fourth-order valence-corrected chi connectivity index (χ4v) is 4.03. The van der Waals surface area contributed by atoms with Gasteiger partial charge in [0.25, 0.3) is 5.91 Å². The lowest BCUT2D eigenvalue weighted by atomic mass is 9.94. The Labute approximate surface area is 175 Å². The van der Waals surface area contributed by atoms with Crippen LogP contribution in [0.2, 0.25) is 5.02 Å². The molecule has 3 aromatic rings. The molecule has 30 heavy (non-hydrogen) atoms. The smallest absolute Gasteiger partial charge is 0.254 e. The van der Waals surface area contributed by atoms with Gasteiger partial charge in [-0.25, -0.2) is 13.2 Å². The van der Waals surface area contributed by atoms with E-state index < -0.39 is 29.4 Å². The van der Waals surface area contributed by atoms with Crippen molar-refractivity contribution in [3.05, 3.63) is 76.2 Å². The number of nitrogens with one attached hydrogen (secondary N) is 2. The molecular weight excluding hydrogens is 417 g/mol. The largest absolute Gasteiger partial charge is 0.347 e. The van der Waals surface area contributed by atoms with Crippen molar-refractivity contribution in [1.82, 2.24) is 20.4 Å². The predicted octanol–water partition coefficient (Wildman–Crippen LogP) is 3.64. The predicted molar refractivity (Wildman–Crippen MR) is 107 cm³/mol. The zero-order valence-corrected chi connectivity index (χ0v) is 16.7. The van der Waals surface area contributed by atoms with Crippen molar-refractivity contribution in [2.24, 2.45) is 7.05 Å². The molecular formula is C21H18ClF3N4O. The molecule has 1 aliphatic rings. The van der Waals surface area contributed by atoms with Crippen molar-refractivity contribution >= 4 is 17.5 Å². The van der Waals surface area contributed by atoms with Crippen LogP contribution in [0.25, 0.3) is 11.3 Å². The molecule has 0 bridgehead atoms. The summed E-state index contributed by atoms with van der Waals surface area (Å²) in [6, 6.07) is 7.50. The Balaban J connectivity index is 1.54. The first-order chi connectivity index (χ1) is 14.3. The van der Waals surface area contributed by atoms with E-state index in [0.717, 1.165) is 12.1 Å². The van der Waals surface area contributed by atoms with E-state index in [2.05, 4.69) is 15.7 Å². The molecule has 1 fully saturated rings. The summed E-state index contributed by atoms with van der Waals surface area (Å²) in [5.74, 6) is -3.42. The highest BCUT2D eigenvalue weighted by atomic mass is 35.5. The van der Waals surface area contributed by atoms with E-state index in [1.165, 1.54) is 29.1 Å². The third-order valence-electron chi connectivity index (χ3n) is 5.28. The molecule has 4 rings (SSSR count). The summed E-state index contributed by atoms with van der Waals surface area (Å²) < 4.78 is 43.1. The fourth-order valence-electron chi connectivity index (χ4n) is 3.75. The highest BCUT2D eigenvalue weighted by Gasteiger charge is 2.31. The van der Waals surface area contributed by atoms with Crippen molar-refractivity contribution in [2.75, 3.05) is 13.1 Å². The van der Waals surface area contributed by atoms with Gasteiger partial charge in [-0.15, -0.1) is 0 Å². The molecule has 1 aromatic heterocycles. The molecule has 1 saturated heterocycles. The SMILES string of the molecule is Cn1ncc(Cl)c1-c1ccc(C(=O)NC2CNCC2c2ccc(F)c(F)c2)c(F)c1. The minimum Gasteiger partial charge on any atom is -0.347 e. The van der Waals surface area contributed by atoms with Gasteiger partial charge in [0, 0.05) is 37.7 Å². The van der Waals surface area contributed by atoms with Gasteiger partial charge in [0.1, 0.15) is 5.82 Å². The minimum atomic E-state index is -0.945. The summed E-state index contributed by atoms with van der Waals surface area (Å²) in [4.78, 5) is 12.7. The maximum Gasteiger partial charge on any atom is 0.254 e. The molecule has 156 valence electrons. The molecule has 0 saturated carbocycles. The molecule has 0 spiro atoms. The second-order valence-corrected chi connectivity index (χ2v) is 7.58. The van der Waals surface area contributed by atoms with Gasteiger partial charge in [-0.05, 0) is 29.8 Å². The van der Waals surface area contributed by atoms with Crippen LogP contribution in [0.3, 0.4) is 0 Å². The Kier molecular flexibility index (Phi) is 5.53. The summed E-state index contributed by atoms with van der Waals surface area (Å²) >= 11 is 6.10. The average Bonchev–Trinajstić information content (AvgIpc) is 3.30. The van der Waals surface area contributed by atoms with Crippen LogP contribution in [0, 0.1) is 17.5 Å². The number of hydrogen-bond donors (Lipinski definition) is 2. The monoisotopic (exact) mass is 434 g/mol. The summed E-state index contributed by atoms with van der Waals surface area (Å²) in [7, 11) is 1.69. The Morgan fingerprint density at radius 1 is 1.13 bits per heavy atom. The number of aromatic nitrogens is 2. The summed E-state index contributed by atoms with van der Waals surface area (Å²) in [5, 5.41) is 10.3. The van der Waals surface area contributed by atoms with Crippen LogP contribution in [0.4, 0.5) is 13.2 Å². The number of halogens is 4. The average molecular weight is 435 g/mol. The van der Waals surface area contributed by atoms with Crippen molar-refractivity contribution in [1.29, 1.82) is 0 Å². The first-order valence-corrected chi connectivity index (χ1v) is 9.67. The number of carbonyl (C=O) groups excluding carboxylic acids is 1. The van der Waals surface area contributed by atoms with Crippen molar-refractivity contribution in [3.63, 3.8) is 0 Å². The van der Waals surface area contributed by atoms with Gasteiger partial charge in [-0.2, -0.15) is 5.10 Å². The molecule has 9 heteroatoms. The molecule has 1 aliphatic heterocycles. The van der Waals surface area contributed by atoms with E-state index in [1.807, 2.05) is 0 Å². The van der Waals surface area contributed by atoms with E-state index in [0.29, 0.717) is 34.9 Å². The maximum atomic E-state index is 14.7. The van der Waals surface area contributed by atoms with Gasteiger partial charge in [0.15, 0.2) is 11.6 Å². The summed E-state index contributed by atoms with van der Waals surface area (Å²) in [6.07, 6.45) is 1.46. The van der Waals surface area contributed by atoms with Gasteiger partial charge in [0.05, 0.1) is 22.5 Å². The molecule has 0 radical (unpaired) electrons. The van der Waals surface area contributed by atoms with Gasteiger partial charge in [0.2, 0.25) is 0 Å². The first-order valence-electron chi connectivity index (χ1n) is 9.29. The zero-order chi connectivity index (χ0) is 21.4. The zero-order valence-electron chi connectivity index (χ0n) is 15.9. The number of nitrogens with zero attached hydrogens (tertiary/aromatic N) is 2. The third kappa shape index (κ3) is 3.80. The number of amides is 1. The van der Waals surface area contributed by atoms with Crippen LogP contribution >= 0.6 is 11.6 Å². The quantitative estimate of drug-likeness (QED) is 0.659. The first kappa shape index (κ1) is 20.4. The van der Waals surface area contributed by atoms with E-state index in [-0.39, 0.29) is 11.5 Å². The Morgan fingerprint density at radius 2 is 1.93 bits per heavy atom. The van der Waals surface area contributed by atoms with Gasteiger partial charge in [-0.1, -0.05) is 23.7 Å². The summed E-state index contributed by atoms with van der Waals surface area (Å²) in [5.41, 5.74) is 1.48. The second kappa shape index (κ2) is 8.12. The topological polar surface area (TPSA) is 59.0 Å². The highest BCUT2D eigenvalue weighted by molar-refractivity contribution is 6.33. The standard InChI is InChI=1S/C21H18ClF3N4O/c1-29-20(15(22)9-27-29)12-2-4-13(17(24)7-12)21(30)28-19-10-26-8-14(19)11-3-5-16(23)18(25)6-11/h2-7,9,14,19,26H,8,10H2,1H3,(H,28,30). The third-order valence-corrected chi connectivity index (χ3v) is 5.56. The van der Waals surface area contributed by atoms with Crippen LogP contribution in [0.15, 0.2) is 42.6 Å². The lowest BCUT2D eigenvalue weighted by Gasteiger charge is -2.21. The molecule has 2 heterocycles. The molecule has 2 unspecified atom stereocenters. The van der Waals surface area contributed by atoms with Gasteiger partial charge in [-0.3, -0.25) is 9.48 Å². The molecule has 2 atom stereocenters. The van der Waals surface area contributed by atoms with Crippen LogP contribution in [0.1, 0.15) is 21.8 Å². The van der Waals surface area contributed by atoms with E-state index >= 15 is 0 Å². The fraction of sp³-hybridized carbons (Fsp3) is 0.238. The van der Waals surface area contributed by atoms with Crippen molar-refractivity contribution < 1.29 is 18.0 Å². The number of hydrogen-bond acceptors (Lipinski definition) is 3. The highest BCUT2D eigenvalue weighted by Crippen LogP contribution is 2.29. The maximum absolute atomic E-state index is 14.7. The van der Waals surface area contributed by atoms with E-state index in [9.17, 15) is 18.0 Å². The Morgan fingerprint density at radius 3 is 2.60 bits per heavy atom. The molecule has 1 amide bonds. The number of carbonyl (C=O) groups is 1. The Bertz CT molecular complexity index is 1100. The second-order valence-electron chi connectivity index (χ2n) is 7.18. The Hall–Kier alpha value is -2.84. The van der Waals surface area contributed by atoms with Crippen LogP contribution in [-0.2, 0) is 7.05 Å². The molecule has 2 N–H and O–H groups in total. The van der Waals surface area contributed by atoms with E-state index in [4.69, 9.17) is 11.6 Å². The van der Waals surface area contributed by atoms with E-state index in [1.54, 1.807) is 13.1 Å². The minimum absolute atomic E-state index is 0.118. The normalized spacial score (nSPS) is 18.6. The van der Waals surface area contributed by atoms with Crippen molar-refractivity contribution in [3.8, 4) is 11.3 Å². The van der Waals surface area contributed by atoms with Crippen LogP contribution in [0.5, 0.6) is 0 Å². The van der Waals surface area contributed by atoms with Crippen LogP contribution in [-0.4, -0.2) is 34.8 Å². The summed E-state index contributed by atoms with van der Waals surface area (Å²) in [6.45, 7) is 0.913. The number of rotatable bonds is 4. The van der Waals surface area contributed by atoms with Gasteiger partial charge >= 0.3 is 0 Å². The number of benzene rings is 2. The lowest BCUT2D eigenvalue weighted by Crippen LogP contribution is -2.39. The molecule has 2 aromatic carbocycles. The van der Waals surface area contributed by atoms with Crippen molar-refractivity contribution in [2.45, 2.75) is 12.0 Å². The molecule has 5 nitrogen and oxygen atoms in total. The number of aryl methyl sites for hydroxylation is 1. The molecule has 0 aliphatic carbocycles. The lowest BCUT2D eigenvalue weighted by molar-refractivity contribution is 0.0933. The van der Waals surface area contributed by atoms with Gasteiger partial charge < -0.3 is 10.6 Å².